The van der Waals surface area contributed by atoms with Gasteiger partial charge in [0.25, 0.3) is 0 Å². The van der Waals surface area contributed by atoms with Crippen LogP contribution in [0.3, 0.4) is 0 Å². The van der Waals surface area contributed by atoms with Crippen LogP contribution in [0.2, 0.25) is 0 Å². The van der Waals surface area contributed by atoms with Crippen molar-refractivity contribution in [2.45, 2.75) is 13.8 Å². The second-order valence-corrected chi connectivity index (χ2v) is 5.10. The number of nitrogens with two attached hydrogens (primary N) is 1. The van der Waals surface area contributed by atoms with E-state index in [0.717, 1.165) is 0 Å². The smallest absolute Gasteiger partial charge is 0.241 e. The monoisotopic (exact) mass is 259 g/mol. The Morgan fingerprint density at radius 2 is 1.83 bits per heavy atom. The molecule has 0 saturated heterocycles. The van der Waals surface area contributed by atoms with Crippen molar-refractivity contribution in [3.8, 4) is 0 Å². The first-order valence-electron chi connectivity index (χ1n) is 5.94. The van der Waals surface area contributed by atoms with Crippen molar-refractivity contribution < 1.29 is 14.3 Å². The molecule has 0 heterocycles. The van der Waals surface area contributed by atoms with Crippen LogP contribution >= 0.6 is 0 Å². The maximum Gasteiger partial charge on any atom is 0.241 e. The zero-order chi connectivity index (χ0) is 14.3. The molecule has 0 fully saturated rings. The van der Waals surface area contributed by atoms with E-state index in [0.29, 0.717) is 13.2 Å². The maximum absolute atomic E-state index is 12.3. The summed E-state index contributed by atoms with van der Waals surface area (Å²) in [6.07, 6.45) is 0. The predicted molar refractivity (Wildman–Crippen MR) is 70.0 cm³/mol. The van der Waals surface area contributed by atoms with E-state index in [4.69, 9.17) is 10.5 Å². The molecule has 2 amide bonds. The first-order chi connectivity index (χ1) is 8.26. The van der Waals surface area contributed by atoms with Gasteiger partial charge in [-0.2, -0.15) is 0 Å². The molecule has 0 aliphatic carbocycles. The van der Waals surface area contributed by atoms with Crippen molar-refractivity contribution in [1.29, 1.82) is 0 Å². The van der Waals surface area contributed by atoms with Gasteiger partial charge in [0, 0.05) is 34.3 Å². The number of rotatable bonds is 7. The summed E-state index contributed by atoms with van der Waals surface area (Å²) in [4.78, 5) is 26.9. The molecule has 0 rings (SSSR count). The molecule has 6 nitrogen and oxygen atoms in total. The van der Waals surface area contributed by atoms with E-state index in [2.05, 4.69) is 0 Å². The summed E-state index contributed by atoms with van der Waals surface area (Å²) < 4.78 is 4.96. The number of nitrogens with zero attached hydrogens (tertiary/aromatic N) is 2. The topological polar surface area (TPSA) is 75.9 Å². The molecule has 0 spiro atoms. The van der Waals surface area contributed by atoms with Gasteiger partial charge in [0.05, 0.1) is 18.6 Å². The van der Waals surface area contributed by atoms with Crippen LogP contribution in [-0.2, 0) is 14.3 Å². The van der Waals surface area contributed by atoms with Crippen molar-refractivity contribution >= 4 is 11.8 Å². The summed E-state index contributed by atoms with van der Waals surface area (Å²) in [5, 5.41) is 0. The average molecular weight is 259 g/mol. The van der Waals surface area contributed by atoms with E-state index in [1.807, 2.05) is 0 Å². The first kappa shape index (κ1) is 16.9. The summed E-state index contributed by atoms with van der Waals surface area (Å²) in [7, 11) is 4.88. The fourth-order valence-electron chi connectivity index (χ4n) is 1.27. The molecule has 0 saturated carbocycles. The van der Waals surface area contributed by atoms with Crippen molar-refractivity contribution in [3.63, 3.8) is 0 Å². The fraction of sp³-hybridized carbons (Fsp3) is 0.833. The molecule has 6 heteroatoms. The number of hydrogen-bond acceptors (Lipinski definition) is 4. The number of carbonyl (C=O) groups is 2. The number of methoxy groups -OCH3 is 1. The quantitative estimate of drug-likeness (QED) is 0.671. The van der Waals surface area contributed by atoms with Gasteiger partial charge in [0.15, 0.2) is 0 Å². The van der Waals surface area contributed by atoms with Gasteiger partial charge in [0.1, 0.15) is 0 Å². The zero-order valence-electron chi connectivity index (χ0n) is 12.0. The van der Waals surface area contributed by atoms with Gasteiger partial charge in [-0.05, 0) is 13.8 Å². The van der Waals surface area contributed by atoms with Crippen LogP contribution in [0.15, 0.2) is 0 Å². The molecular weight excluding hydrogens is 234 g/mol. The van der Waals surface area contributed by atoms with E-state index >= 15 is 0 Å². The van der Waals surface area contributed by atoms with Gasteiger partial charge in [-0.3, -0.25) is 9.59 Å². The van der Waals surface area contributed by atoms with Crippen LogP contribution < -0.4 is 5.73 Å². The lowest BCUT2D eigenvalue weighted by molar-refractivity contribution is -0.145. The first-order valence-corrected chi connectivity index (χ1v) is 5.94. The van der Waals surface area contributed by atoms with Gasteiger partial charge in [0.2, 0.25) is 11.8 Å². The second kappa shape index (κ2) is 7.33. The number of amides is 2. The predicted octanol–water partition coefficient (Wildman–Crippen LogP) is -0.465. The van der Waals surface area contributed by atoms with E-state index in [1.54, 1.807) is 35.1 Å². The minimum absolute atomic E-state index is 0.0542. The molecule has 0 unspecified atom stereocenters. The lowest BCUT2D eigenvalue weighted by atomic mass is 9.92. The van der Waals surface area contributed by atoms with Crippen LogP contribution in [0.4, 0.5) is 0 Å². The summed E-state index contributed by atoms with van der Waals surface area (Å²) in [5.74, 6) is -0.246. The minimum atomic E-state index is -0.666. The number of hydrogen-bond donors (Lipinski definition) is 1. The Labute approximate surface area is 109 Å². The van der Waals surface area contributed by atoms with Gasteiger partial charge in [-0.15, -0.1) is 0 Å². The van der Waals surface area contributed by atoms with Crippen molar-refractivity contribution in [1.82, 2.24) is 9.80 Å². The molecule has 0 bridgehead atoms. The van der Waals surface area contributed by atoms with E-state index in [9.17, 15) is 9.59 Å². The third kappa shape index (κ3) is 5.01. The molecule has 0 aromatic heterocycles. The summed E-state index contributed by atoms with van der Waals surface area (Å²) in [5.41, 5.74) is 4.92. The second-order valence-electron chi connectivity index (χ2n) is 5.10. The molecule has 0 aliphatic rings. The highest BCUT2D eigenvalue weighted by atomic mass is 16.5. The van der Waals surface area contributed by atoms with Gasteiger partial charge >= 0.3 is 0 Å². The largest absolute Gasteiger partial charge is 0.383 e. The van der Waals surface area contributed by atoms with E-state index < -0.39 is 5.41 Å². The molecule has 0 aliphatic heterocycles. The Kier molecular flexibility index (Phi) is 6.86. The third-order valence-electron chi connectivity index (χ3n) is 2.77. The molecule has 18 heavy (non-hydrogen) atoms. The van der Waals surface area contributed by atoms with Crippen LogP contribution in [0, 0.1) is 5.41 Å². The van der Waals surface area contributed by atoms with Crippen LogP contribution in [0.5, 0.6) is 0 Å². The highest BCUT2D eigenvalue weighted by molar-refractivity contribution is 5.87. The number of likely N-dealkylation sites (N-methyl/N-ethyl adjacent to an activating group) is 1. The molecule has 0 aromatic carbocycles. The molecule has 0 atom stereocenters. The summed E-state index contributed by atoms with van der Waals surface area (Å²) in [6, 6.07) is 0. The van der Waals surface area contributed by atoms with Gasteiger partial charge in [-0.25, -0.2) is 0 Å². The highest BCUT2D eigenvalue weighted by Crippen LogP contribution is 2.17. The summed E-state index contributed by atoms with van der Waals surface area (Å²) in [6.45, 7) is 4.63. The zero-order valence-corrected chi connectivity index (χ0v) is 12.0. The fourth-order valence-corrected chi connectivity index (χ4v) is 1.27. The van der Waals surface area contributed by atoms with Gasteiger partial charge < -0.3 is 20.3 Å². The Morgan fingerprint density at radius 1 is 1.28 bits per heavy atom. The molecule has 106 valence electrons. The SMILES string of the molecule is COCCN(CC(=O)N(C)C)C(=O)C(C)(C)CN. The normalized spacial score (nSPS) is 11.2. The Morgan fingerprint density at radius 3 is 2.22 bits per heavy atom. The van der Waals surface area contributed by atoms with E-state index in [1.165, 1.54) is 9.80 Å². The number of carbonyl (C=O) groups excluding carboxylic acids is 2. The molecule has 0 aromatic rings. The minimum Gasteiger partial charge on any atom is -0.383 e. The Balaban J connectivity index is 4.77. The van der Waals surface area contributed by atoms with Crippen molar-refractivity contribution in [2.75, 3.05) is 47.4 Å². The number of ether oxygens (including phenoxy) is 1. The standard InChI is InChI=1S/C12H25N3O3/c1-12(2,9-13)11(17)15(6-7-18-5)8-10(16)14(3)4/h6-9,13H2,1-5H3. The third-order valence-corrected chi connectivity index (χ3v) is 2.77. The lowest BCUT2D eigenvalue weighted by Crippen LogP contribution is -2.49. The molecule has 2 N–H and O–H groups in total. The average Bonchev–Trinajstić information content (AvgIpc) is 2.32. The molecular formula is C12H25N3O3. The molecule has 0 radical (unpaired) electrons. The summed E-state index contributed by atoms with van der Waals surface area (Å²) >= 11 is 0. The highest BCUT2D eigenvalue weighted by Gasteiger charge is 2.31. The van der Waals surface area contributed by atoms with Crippen LogP contribution in [-0.4, -0.2) is 69.1 Å². The maximum atomic E-state index is 12.3. The Bertz CT molecular complexity index is 290. The van der Waals surface area contributed by atoms with Crippen molar-refractivity contribution in [2.24, 2.45) is 11.1 Å². The van der Waals surface area contributed by atoms with Crippen LogP contribution in [0.25, 0.3) is 0 Å². The van der Waals surface area contributed by atoms with Crippen molar-refractivity contribution in [3.05, 3.63) is 0 Å². The van der Waals surface area contributed by atoms with E-state index in [-0.39, 0.29) is 24.9 Å². The van der Waals surface area contributed by atoms with Crippen LogP contribution in [0.1, 0.15) is 13.8 Å². The van der Waals surface area contributed by atoms with Gasteiger partial charge in [-0.1, -0.05) is 0 Å². The Hall–Kier alpha value is -1.14. The lowest BCUT2D eigenvalue weighted by Gasteiger charge is -2.31.